The Morgan fingerprint density at radius 1 is 1.20 bits per heavy atom. The van der Waals surface area contributed by atoms with Gasteiger partial charge in [-0.1, -0.05) is 0 Å². The summed E-state index contributed by atoms with van der Waals surface area (Å²) in [6.45, 7) is 5.37. The van der Waals surface area contributed by atoms with E-state index in [9.17, 15) is 4.79 Å². The topological polar surface area (TPSA) is 72.5 Å². The van der Waals surface area contributed by atoms with Crippen LogP contribution in [-0.4, -0.2) is 37.3 Å². The third-order valence-electron chi connectivity index (χ3n) is 3.34. The van der Waals surface area contributed by atoms with Gasteiger partial charge in [-0.2, -0.15) is 0 Å². The fourth-order valence-corrected chi connectivity index (χ4v) is 2.19. The average Bonchev–Trinajstić information content (AvgIpc) is 2.60. The predicted molar refractivity (Wildman–Crippen MR) is 99.4 cm³/mol. The highest BCUT2D eigenvalue weighted by molar-refractivity contribution is 6.04. The summed E-state index contributed by atoms with van der Waals surface area (Å²) >= 11 is 0. The molecule has 0 aliphatic carbocycles. The first kappa shape index (κ1) is 18.7. The van der Waals surface area contributed by atoms with Gasteiger partial charge in [-0.25, -0.2) is 4.98 Å². The number of benzene rings is 1. The van der Waals surface area contributed by atoms with Gasteiger partial charge in [0.25, 0.3) is 5.91 Å². The minimum Gasteiger partial charge on any atom is -0.491 e. The first-order chi connectivity index (χ1) is 12.1. The van der Waals surface area contributed by atoms with Crippen LogP contribution in [0.1, 0.15) is 30.6 Å². The summed E-state index contributed by atoms with van der Waals surface area (Å²) in [7, 11) is 1.67. The zero-order chi connectivity index (χ0) is 18.1. The van der Waals surface area contributed by atoms with Crippen LogP contribution in [0, 0.1) is 0 Å². The third-order valence-corrected chi connectivity index (χ3v) is 3.34. The summed E-state index contributed by atoms with van der Waals surface area (Å²) in [6.07, 6.45) is 2.61. The number of nitrogens with zero attached hydrogens (tertiary/aromatic N) is 1. The van der Waals surface area contributed by atoms with Crippen LogP contribution in [0.5, 0.6) is 5.75 Å². The molecule has 2 aromatic rings. The highest BCUT2D eigenvalue weighted by Crippen LogP contribution is 2.18. The maximum Gasteiger partial charge on any atom is 0.255 e. The molecule has 1 aromatic heterocycles. The lowest BCUT2D eigenvalue weighted by Crippen LogP contribution is -2.13. The van der Waals surface area contributed by atoms with Gasteiger partial charge in [0, 0.05) is 37.7 Å². The number of methoxy groups -OCH3 is 1. The number of hydrogen-bond acceptors (Lipinski definition) is 5. The van der Waals surface area contributed by atoms with E-state index in [2.05, 4.69) is 15.6 Å². The molecule has 6 nitrogen and oxygen atoms in total. The van der Waals surface area contributed by atoms with E-state index >= 15 is 0 Å². The van der Waals surface area contributed by atoms with Crippen molar-refractivity contribution >= 4 is 17.4 Å². The van der Waals surface area contributed by atoms with E-state index < -0.39 is 0 Å². The molecule has 0 unspecified atom stereocenters. The van der Waals surface area contributed by atoms with E-state index in [-0.39, 0.29) is 12.0 Å². The molecule has 6 heteroatoms. The van der Waals surface area contributed by atoms with Crippen LogP contribution >= 0.6 is 0 Å². The number of aromatic nitrogens is 1. The van der Waals surface area contributed by atoms with Crippen molar-refractivity contribution in [2.45, 2.75) is 26.4 Å². The molecule has 0 fully saturated rings. The van der Waals surface area contributed by atoms with Crippen LogP contribution in [0.4, 0.5) is 11.5 Å². The number of amides is 1. The number of nitrogens with one attached hydrogen (secondary N) is 2. The van der Waals surface area contributed by atoms with Crippen molar-refractivity contribution in [3.63, 3.8) is 0 Å². The molecule has 1 amide bonds. The minimum atomic E-state index is -0.181. The van der Waals surface area contributed by atoms with Crippen molar-refractivity contribution in [2.75, 3.05) is 30.9 Å². The molecule has 1 heterocycles. The van der Waals surface area contributed by atoms with Crippen molar-refractivity contribution in [3.05, 3.63) is 48.2 Å². The molecule has 134 valence electrons. The molecule has 2 rings (SSSR count). The maximum atomic E-state index is 12.4. The SMILES string of the molecule is COCCCNc1cc(C(=O)Nc2ccc(OC(C)C)cc2)ccn1. The van der Waals surface area contributed by atoms with Gasteiger partial charge in [-0.3, -0.25) is 4.79 Å². The lowest BCUT2D eigenvalue weighted by atomic mass is 10.2. The smallest absolute Gasteiger partial charge is 0.255 e. The molecule has 25 heavy (non-hydrogen) atoms. The van der Waals surface area contributed by atoms with Crippen LogP contribution in [0.3, 0.4) is 0 Å². The number of rotatable bonds is 9. The molecule has 0 atom stereocenters. The fraction of sp³-hybridized carbons (Fsp3) is 0.368. The normalized spacial score (nSPS) is 10.6. The summed E-state index contributed by atoms with van der Waals surface area (Å²) in [5, 5.41) is 6.05. The number of carbonyl (C=O) groups is 1. The van der Waals surface area contributed by atoms with E-state index in [0.717, 1.165) is 18.7 Å². The van der Waals surface area contributed by atoms with Gasteiger partial charge in [0.15, 0.2) is 0 Å². The number of carbonyl (C=O) groups excluding carboxylic acids is 1. The largest absolute Gasteiger partial charge is 0.491 e. The summed E-state index contributed by atoms with van der Waals surface area (Å²) in [6, 6.07) is 10.7. The number of pyridine rings is 1. The molecule has 0 spiro atoms. The van der Waals surface area contributed by atoms with E-state index in [4.69, 9.17) is 9.47 Å². The molecule has 0 aliphatic rings. The second-order valence-electron chi connectivity index (χ2n) is 5.85. The Bertz CT molecular complexity index is 672. The third kappa shape index (κ3) is 6.43. The van der Waals surface area contributed by atoms with E-state index in [1.807, 2.05) is 38.1 Å². The fourth-order valence-electron chi connectivity index (χ4n) is 2.19. The lowest BCUT2D eigenvalue weighted by molar-refractivity contribution is 0.102. The van der Waals surface area contributed by atoms with Crippen LogP contribution < -0.4 is 15.4 Å². The van der Waals surface area contributed by atoms with Gasteiger partial charge in [0.1, 0.15) is 11.6 Å². The Kier molecular flexibility index (Phi) is 7.22. The summed E-state index contributed by atoms with van der Waals surface area (Å²) < 4.78 is 10.6. The second-order valence-corrected chi connectivity index (χ2v) is 5.85. The number of ether oxygens (including phenoxy) is 2. The molecule has 0 bridgehead atoms. The molecule has 2 N–H and O–H groups in total. The van der Waals surface area contributed by atoms with Crippen molar-refractivity contribution in [1.82, 2.24) is 4.98 Å². The monoisotopic (exact) mass is 343 g/mol. The van der Waals surface area contributed by atoms with Gasteiger partial charge in [-0.15, -0.1) is 0 Å². The van der Waals surface area contributed by atoms with Gasteiger partial charge < -0.3 is 20.1 Å². The number of anilines is 2. The van der Waals surface area contributed by atoms with Gasteiger partial charge in [0.2, 0.25) is 0 Å². The Hall–Kier alpha value is -2.60. The van der Waals surface area contributed by atoms with Crippen LogP contribution in [-0.2, 0) is 4.74 Å². The van der Waals surface area contributed by atoms with Crippen LogP contribution in [0.2, 0.25) is 0 Å². The second kappa shape index (κ2) is 9.64. The molecule has 0 saturated carbocycles. The summed E-state index contributed by atoms with van der Waals surface area (Å²) in [5.74, 6) is 1.27. The summed E-state index contributed by atoms with van der Waals surface area (Å²) in [5.41, 5.74) is 1.26. The summed E-state index contributed by atoms with van der Waals surface area (Å²) in [4.78, 5) is 16.6. The average molecular weight is 343 g/mol. The molecular weight excluding hydrogens is 318 g/mol. The molecule has 1 aromatic carbocycles. The maximum absolute atomic E-state index is 12.4. The molecule has 0 saturated heterocycles. The lowest BCUT2D eigenvalue weighted by Gasteiger charge is -2.11. The van der Waals surface area contributed by atoms with Crippen molar-refractivity contribution in [2.24, 2.45) is 0 Å². The van der Waals surface area contributed by atoms with Crippen LogP contribution in [0.15, 0.2) is 42.6 Å². The minimum absolute atomic E-state index is 0.118. The van der Waals surface area contributed by atoms with Crippen molar-refractivity contribution in [1.29, 1.82) is 0 Å². The number of hydrogen-bond donors (Lipinski definition) is 2. The predicted octanol–water partition coefficient (Wildman–Crippen LogP) is 3.57. The highest BCUT2D eigenvalue weighted by atomic mass is 16.5. The van der Waals surface area contributed by atoms with E-state index in [1.54, 1.807) is 25.4 Å². The Labute approximate surface area is 148 Å². The van der Waals surface area contributed by atoms with Crippen molar-refractivity contribution < 1.29 is 14.3 Å². The van der Waals surface area contributed by atoms with E-state index in [0.29, 0.717) is 23.7 Å². The standard InChI is InChI=1S/C19H25N3O3/c1-14(2)25-17-7-5-16(6-8-17)22-19(23)15-9-11-21-18(13-15)20-10-4-12-24-3/h5-9,11,13-14H,4,10,12H2,1-3H3,(H,20,21)(H,22,23). The first-order valence-electron chi connectivity index (χ1n) is 8.35. The first-order valence-corrected chi connectivity index (χ1v) is 8.35. The Morgan fingerprint density at radius 2 is 1.96 bits per heavy atom. The van der Waals surface area contributed by atoms with Gasteiger partial charge in [0.05, 0.1) is 6.10 Å². The zero-order valence-corrected chi connectivity index (χ0v) is 14.9. The van der Waals surface area contributed by atoms with E-state index in [1.165, 1.54) is 0 Å². The van der Waals surface area contributed by atoms with Crippen molar-refractivity contribution in [3.8, 4) is 5.75 Å². The Balaban J connectivity index is 1.93. The highest BCUT2D eigenvalue weighted by Gasteiger charge is 2.08. The Morgan fingerprint density at radius 3 is 2.64 bits per heavy atom. The molecule has 0 radical (unpaired) electrons. The molecular formula is C19H25N3O3. The quantitative estimate of drug-likeness (QED) is 0.681. The van der Waals surface area contributed by atoms with Crippen LogP contribution in [0.25, 0.3) is 0 Å². The molecule has 0 aliphatic heterocycles. The van der Waals surface area contributed by atoms with Gasteiger partial charge in [-0.05, 0) is 56.7 Å². The zero-order valence-electron chi connectivity index (χ0n) is 14.9. The van der Waals surface area contributed by atoms with Gasteiger partial charge >= 0.3 is 0 Å².